The molecule has 0 bridgehead atoms. The molecule has 0 amide bonds. The van der Waals surface area contributed by atoms with Crippen LogP contribution in [0.3, 0.4) is 0 Å². The third kappa shape index (κ3) is 3.81. The molecule has 112 valence electrons. The Morgan fingerprint density at radius 1 is 1.24 bits per heavy atom. The first kappa shape index (κ1) is 14.5. The van der Waals surface area contributed by atoms with E-state index in [1.54, 1.807) is 12.1 Å². The van der Waals surface area contributed by atoms with Gasteiger partial charge in [-0.2, -0.15) is 0 Å². The molecular weight excluding hydrogens is 311 g/mol. The lowest BCUT2D eigenvalue weighted by Gasteiger charge is -2.06. The molecule has 1 fully saturated rings. The van der Waals surface area contributed by atoms with E-state index in [9.17, 15) is 12.8 Å². The molecule has 0 spiro atoms. The van der Waals surface area contributed by atoms with Crippen LogP contribution in [0.5, 0.6) is 0 Å². The molecule has 21 heavy (non-hydrogen) atoms. The lowest BCUT2D eigenvalue weighted by molar-refractivity contribution is 0.603. The predicted molar refractivity (Wildman–Crippen MR) is 81.4 cm³/mol. The Balaban J connectivity index is 1.71. The van der Waals surface area contributed by atoms with E-state index in [-0.39, 0.29) is 9.90 Å². The molecule has 0 unspecified atom stereocenters. The normalized spacial score (nSPS) is 15.1. The van der Waals surface area contributed by atoms with Gasteiger partial charge in [0.1, 0.15) is 10.0 Å². The molecule has 2 N–H and O–H groups in total. The lowest BCUT2D eigenvalue weighted by Crippen LogP contribution is -2.14. The smallest absolute Gasteiger partial charge is 0.271 e. The molecule has 1 heterocycles. The Hall–Kier alpha value is -1.44. The van der Waals surface area contributed by atoms with Crippen molar-refractivity contribution in [3.8, 4) is 0 Å². The highest BCUT2D eigenvalue weighted by Crippen LogP contribution is 2.26. The van der Waals surface area contributed by atoms with Gasteiger partial charge >= 0.3 is 0 Å². The first-order valence-electron chi connectivity index (χ1n) is 6.63. The molecule has 1 aliphatic rings. The molecule has 0 saturated heterocycles. The molecule has 4 nitrogen and oxygen atoms in total. The van der Waals surface area contributed by atoms with Crippen LogP contribution in [-0.4, -0.2) is 14.5 Å². The zero-order chi connectivity index (χ0) is 14.9. The Bertz CT molecular complexity index is 739. The molecule has 1 aliphatic carbocycles. The summed E-state index contributed by atoms with van der Waals surface area (Å²) in [5, 5.41) is 3.34. The second-order valence-corrected chi connectivity index (χ2v) is 8.07. The van der Waals surface area contributed by atoms with E-state index in [2.05, 4.69) is 10.0 Å². The highest BCUT2D eigenvalue weighted by molar-refractivity contribution is 7.94. The van der Waals surface area contributed by atoms with E-state index in [1.165, 1.54) is 42.4 Å². The van der Waals surface area contributed by atoms with Crippen molar-refractivity contribution in [2.75, 3.05) is 4.72 Å². The highest BCUT2D eigenvalue weighted by Gasteiger charge is 2.21. The maximum atomic E-state index is 13.1. The van der Waals surface area contributed by atoms with Crippen LogP contribution in [-0.2, 0) is 16.6 Å². The van der Waals surface area contributed by atoms with Gasteiger partial charge in [0.05, 0.1) is 5.69 Å². The average Bonchev–Trinajstić information content (AvgIpc) is 3.12. The van der Waals surface area contributed by atoms with Crippen molar-refractivity contribution in [2.24, 2.45) is 0 Å². The first-order chi connectivity index (χ1) is 10.0. The highest BCUT2D eigenvalue weighted by atomic mass is 32.2. The molecule has 0 atom stereocenters. The molecule has 1 aromatic heterocycles. The Kier molecular flexibility index (Phi) is 3.97. The molecule has 1 saturated carbocycles. The number of thiophene rings is 1. The van der Waals surface area contributed by atoms with Gasteiger partial charge in [0.25, 0.3) is 10.0 Å². The van der Waals surface area contributed by atoms with Gasteiger partial charge in [-0.25, -0.2) is 12.8 Å². The molecular formula is C14H15FN2O2S2. The number of hydrogen-bond acceptors (Lipinski definition) is 4. The number of rotatable bonds is 6. The minimum atomic E-state index is -3.66. The minimum Gasteiger partial charge on any atom is -0.309 e. The summed E-state index contributed by atoms with van der Waals surface area (Å²) in [5.74, 6) is -0.476. The van der Waals surface area contributed by atoms with E-state index in [0.717, 1.165) is 10.9 Å². The third-order valence-electron chi connectivity index (χ3n) is 3.12. The van der Waals surface area contributed by atoms with E-state index in [0.29, 0.717) is 12.6 Å². The quantitative estimate of drug-likeness (QED) is 0.858. The van der Waals surface area contributed by atoms with Gasteiger partial charge in [0.15, 0.2) is 0 Å². The van der Waals surface area contributed by atoms with E-state index in [1.807, 2.05) is 0 Å². The van der Waals surface area contributed by atoms with Gasteiger partial charge in [-0.15, -0.1) is 11.3 Å². The summed E-state index contributed by atoms with van der Waals surface area (Å²) < 4.78 is 40.2. The van der Waals surface area contributed by atoms with E-state index < -0.39 is 15.8 Å². The summed E-state index contributed by atoms with van der Waals surface area (Å²) >= 11 is 1.23. The van der Waals surface area contributed by atoms with Crippen LogP contribution in [0.2, 0.25) is 0 Å². The van der Waals surface area contributed by atoms with Crippen LogP contribution < -0.4 is 10.0 Å². The van der Waals surface area contributed by atoms with Crippen molar-refractivity contribution < 1.29 is 12.8 Å². The van der Waals surface area contributed by atoms with Crippen molar-refractivity contribution in [3.63, 3.8) is 0 Å². The van der Waals surface area contributed by atoms with Crippen LogP contribution in [0.15, 0.2) is 40.6 Å². The van der Waals surface area contributed by atoms with Gasteiger partial charge < -0.3 is 5.32 Å². The van der Waals surface area contributed by atoms with Gasteiger partial charge in [-0.3, -0.25) is 4.72 Å². The summed E-state index contributed by atoms with van der Waals surface area (Å²) in [5.41, 5.74) is 0.223. The standard InChI is InChI=1S/C14H15FN2O2S2/c15-10-2-1-3-12(8-10)17-21(18,19)14-7-6-13(20-14)9-16-11-4-5-11/h1-3,6-8,11,16-17H,4-5,9H2. The fourth-order valence-electron chi connectivity index (χ4n) is 1.89. The number of halogens is 1. The third-order valence-corrected chi connectivity index (χ3v) is 6.08. The summed E-state index contributed by atoms with van der Waals surface area (Å²) in [4.78, 5) is 0.974. The fraction of sp³-hybridized carbons (Fsp3) is 0.286. The average molecular weight is 326 g/mol. The van der Waals surface area contributed by atoms with Gasteiger partial charge in [-0.1, -0.05) is 6.07 Å². The molecule has 3 rings (SSSR count). The predicted octanol–water partition coefficient (Wildman–Crippen LogP) is 2.94. The molecule has 0 aliphatic heterocycles. The van der Waals surface area contributed by atoms with E-state index >= 15 is 0 Å². The maximum absolute atomic E-state index is 13.1. The fourth-order valence-corrected chi connectivity index (χ4v) is 4.24. The topological polar surface area (TPSA) is 58.2 Å². The van der Waals surface area contributed by atoms with Crippen LogP contribution in [0.1, 0.15) is 17.7 Å². The van der Waals surface area contributed by atoms with Gasteiger partial charge in [0, 0.05) is 17.5 Å². The second-order valence-electron chi connectivity index (χ2n) is 4.99. The van der Waals surface area contributed by atoms with Gasteiger partial charge in [0.2, 0.25) is 0 Å². The van der Waals surface area contributed by atoms with Crippen LogP contribution in [0.25, 0.3) is 0 Å². The molecule has 2 aromatic rings. The Morgan fingerprint density at radius 3 is 2.76 bits per heavy atom. The monoisotopic (exact) mass is 326 g/mol. The molecule has 1 aromatic carbocycles. The van der Waals surface area contributed by atoms with Crippen LogP contribution >= 0.6 is 11.3 Å². The summed E-state index contributed by atoms with van der Waals surface area (Å²) in [6.07, 6.45) is 2.38. The van der Waals surface area contributed by atoms with Gasteiger partial charge in [-0.05, 0) is 43.2 Å². The van der Waals surface area contributed by atoms with E-state index in [4.69, 9.17) is 0 Å². The van der Waals surface area contributed by atoms with Crippen molar-refractivity contribution >= 4 is 27.0 Å². The summed E-state index contributed by atoms with van der Waals surface area (Å²) in [7, 11) is -3.66. The van der Waals surface area contributed by atoms with Crippen LogP contribution in [0, 0.1) is 5.82 Å². The molecule has 7 heteroatoms. The van der Waals surface area contributed by atoms with Crippen LogP contribution in [0.4, 0.5) is 10.1 Å². The number of nitrogens with one attached hydrogen (secondary N) is 2. The van der Waals surface area contributed by atoms with Crippen molar-refractivity contribution in [2.45, 2.75) is 29.6 Å². The summed E-state index contributed by atoms with van der Waals surface area (Å²) in [6, 6.07) is 9.37. The Morgan fingerprint density at radius 2 is 2.05 bits per heavy atom. The largest absolute Gasteiger partial charge is 0.309 e. The minimum absolute atomic E-state index is 0.223. The van der Waals surface area contributed by atoms with Crippen molar-refractivity contribution in [3.05, 3.63) is 47.1 Å². The second kappa shape index (κ2) is 5.75. The SMILES string of the molecule is O=S(=O)(Nc1cccc(F)c1)c1ccc(CNC2CC2)s1. The maximum Gasteiger partial charge on any atom is 0.271 e. The first-order valence-corrected chi connectivity index (χ1v) is 8.93. The number of benzene rings is 1. The van der Waals surface area contributed by atoms with Crippen molar-refractivity contribution in [1.82, 2.24) is 5.32 Å². The lowest BCUT2D eigenvalue weighted by atomic mass is 10.3. The number of sulfonamides is 1. The Labute approximate surface area is 127 Å². The molecule has 0 radical (unpaired) electrons. The number of anilines is 1. The zero-order valence-electron chi connectivity index (χ0n) is 11.2. The summed E-state index contributed by atoms with van der Waals surface area (Å²) in [6.45, 7) is 0.685. The number of hydrogen-bond donors (Lipinski definition) is 2. The zero-order valence-corrected chi connectivity index (χ0v) is 12.8. The van der Waals surface area contributed by atoms with Crippen molar-refractivity contribution in [1.29, 1.82) is 0 Å².